The summed E-state index contributed by atoms with van der Waals surface area (Å²) in [4.78, 5) is 16.4. The highest BCUT2D eigenvalue weighted by molar-refractivity contribution is 5.91. The normalized spacial score (nSPS) is 28.2. The van der Waals surface area contributed by atoms with Crippen LogP contribution < -0.4 is 5.32 Å². The van der Waals surface area contributed by atoms with Crippen LogP contribution in [0, 0.1) is 0 Å². The Morgan fingerprint density at radius 2 is 2.06 bits per heavy atom. The van der Waals surface area contributed by atoms with Gasteiger partial charge >= 0.3 is 0 Å². The molecule has 2 rings (SSSR count). The van der Waals surface area contributed by atoms with Crippen molar-refractivity contribution in [3.63, 3.8) is 0 Å². The summed E-state index contributed by atoms with van der Waals surface area (Å²) in [7, 11) is 4.12. The van der Waals surface area contributed by atoms with Crippen LogP contribution in [0.2, 0.25) is 0 Å². The number of rotatable bonds is 3. The van der Waals surface area contributed by atoms with Gasteiger partial charge in [-0.2, -0.15) is 0 Å². The fourth-order valence-electron chi connectivity index (χ4n) is 2.24. The Morgan fingerprint density at radius 1 is 1.50 bits per heavy atom. The van der Waals surface area contributed by atoms with Crippen molar-refractivity contribution in [3.8, 4) is 0 Å². The molecular weight excluding hydrogens is 202 g/mol. The van der Waals surface area contributed by atoms with Gasteiger partial charge in [0.2, 0.25) is 5.91 Å². The van der Waals surface area contributed by atoms with Crippen molar-refractivity contribution in [2.45, 2.75) is 50.9 Å². The van der Waals surface area contributed by atoms with Crippen molar-refractivity contribution in [2.75, 3.05) is 20.6 Å². The van der Waals surface area contributed by atoms with Crippen molar-refractivity contribution in [2.24, 2.45) is 0 Å². The largest absolute Gasteiger partial charge is 0.324 e. The van der Waals surface area contributed by atoms with Crippen molar-refractivity contribution >= 4 is 5.91 Å². The molecule has 2 aliphatic rings. The molecule has 1 unspecified atom stereocenters. The summed E-state index contributed by atoms with van der Waals surface area (Å²) in [5.74, 6) is 0.301. The van der Waals surface area contributed by atoms with E-state index in [1.54, 1.807) is 0 Å². The predicted octanol–water partition coefficient (Wildman–Crippen LogP) is 0.637. The Balaban J connectivity index is 2.08. The highest BCUT2D eigenvalue weighted by Crippen LogP contribution is 2.42. The van der Waals surface area contributed by atoms with Crippen molar-refractivity contribution in [1.29, 1.82) is 0 Å². The molecule has 1 atom stereocenters. The number of carbonyl (C=O) groups is 1. The quantitative estimate of drug-likeness (QED) is 0.765. The van der Waals surface area contributed by atoms with Crippen molar-refractivity contribution < 1.29 is 4.79 Å². The first-order valence-corrected chi connectivity index (χ1v) is 6.05. The van der Waals surface area contributed by atoms with E-state index in [1.807, 2.05) is 4.90 Å². The third-order valence-corrected chi connectivity index (χ3v) is 4.14. The Kier molecular flexibility index (Phi) is 2.55. The summed E-state index contributed by atoms with van der Waals surface area (Å²) in [6, 6.07) is 0. The second-order valence-electron chi connectivity index (χ2n) is 6.04. The first kappa shape index (κ1) is 11.9. The Hall–Kier alpha value is -0.610. The van der Waals surface area contributed by atoms with Crippen LogP contribution in [0.25, 0.3) is 0 Å². The van der Waals surface area contributed by atoms with Gasteiger partial charge in [0.15, 0.2) is 0 Å². The van der Waals surface area contributed by atoms with E-state index in [4.69, 9.17) is 0 Å². The molecule has 1 N–H and O–H groups in total. The first-order chi connectivity index (χ1) is 7.28. The second kappa shape index (κ2) is 3.44. The van der Waals surface area contributed by atoms with Crippen LogP contribution in [0.5, 0.6) is 0 Å². The molecule has 1 aliphatic heterocycles. The number of carbonyl (C=O) groups excluding carboxylic acids is 1. The summed E-state index contributed by atoms with van der Waals surface area (Å²) in [6.45, 7) is 7.21. The molecule has 1 heterocycles. The summed E-state index contributed by atoms with van der Waals surface area (Å²) < 4.78 is 0. The van der Waals surface area contributed by atoms with Gasteiger partial charge in [-0.25, -0.2) is 0 Å². The van der Waals surface area contributed by atoms with Crippen LogP contribution in [0.15, 0.2) is 0 Å². The minimum absolute atomic E-state index is 0.0199. The number of nitrogens with zero attached hydrogens (tertiary/aromatic N) is 2. The average molecular weight is 225 g/mol. The maximum atomic E-state index is 12.2. The highest BCUT2D eigenvalue weighted by atomic mass is 16.2. The van der Waals surface area contributed by atoms with E-state index in [2.05, 4.69) is 45.1 Å². The number of hydrogen-bond donors (Lipinski definition) is 1. The lowest BCUT2D eigenvalue weighted by atomic mass is 10.0. The molecule has 4 nitrogen and oxygen atoms in total. The molecule has 1 amide bonds. The maximum Gasteiger partial charge on any atom is 0.244 e. The molecule has 1 saturated carbocycles. The minimum Gasteiger partial charge on any atom is -0.324 e. The van der Waals surface area contributed by atoms with E-state index < -0.39 is 0 Å². The van der Waals surface area contributed by atoms with Crippen LogP contribution in [0.1, 0.15) is 33.6 Å². The molecule has 2 fully saturated rings. The van der Waals surface area contributed by atoms with E-state index in [9.17, 15) is 4.79 Å². The fraction of sp³-hybridized carbons (Fsp3) is 0.917. The standard InChI is InChI=1S/C12H23N3O/c1-9-13-12(6-7-12)10(16)15(9)8-11(2,3)14(4)5/h9,13H,6-8H2,1-5H3. The monoisotopic (exact) mass is 225 g/mol. The molecule has 0 aromatic rings. The number of nitrogens with one attached hydrogen (secondary N) is 1. The van der Waals surface area contributed by atoms with E-state index in [-0.39, 0.29) is 17.2 Å². The molecule has 92 valence electrons. The van der Waals surface area contributed by atoms with Gasteiger partial charge in [-0.15, -0.1) is 0 Å². The summed E-state index contributed by atoms with van der Waals surface area (Å²) in [5, 5.41) is 3.42. The topological polar surface area (TPSA) is 35.6 Å². The summed E-state index contributed by atoms with van der Waals surface area (Å²) in [6.07, 6.45) is 2.19. The van der Waals surface area contributed by atoms with Crippen LogP contribution in [0.3, 0.4) is 0 Å². The molecule has 4 heteroatoms. The van der Waals surface area contributed by atoms with E-state index >= 15 is 0 Å². The SMILES string of the molecule is CC1NC2(CC2)C(=O)N1CC(C)(C)N(C)C. The van der Waals surface area contributed by atoms with Crippen molar-refractivity contribution in [3.05, 3.63) is 0 Å². The molecule has 0 radical (unpaired) electrons. The molecule has 0 aromatic carbocycles. The number of hydrogen-bond acceptors (Lipinski definition) is 3. The van der Waals surface area contributed by atoms with Crippen molar-refractivity contribution in [1.82, 2.24) is 15.1 Å². The van der Waals surface area contributed by atoms with Gasteiger partial charge in [-0.1, -0.05) is 0 Å². The number of likely N-dealkylation sites (N-methyl/N-ethyl adjacent to an activating group) is 1. The molecule has 0 bridgehead atoms. The summed E-state index contributed by atoms with van der Waals surface area (Å²) >= 11 is 0. The van der Waals surface area contributed by atoms with Crippen LogP contribution in [-0.4, -0.2) is 53.6 Å². The zero-order chi connectivity index (χ0) is 12.1. The lowest BCUT2D eigenvalue weighted by Gasteiger charge is -2.37. The average Bonchev–Trinajstić information content (AvgIpc) is 2.89. The van der Waals surface area contributed by atoms with E-state index in [0.717, 1.165) is 19.4 Å². The van der Waals surface area contributed by atoms with Gasteiger partial charge in [-0.05, 0) is 47.7 Å². The molecule has 0 aromatic heterocycles. The highest BCUT2D eigenvalue weighted by Gasteiger charge is 2.58. The zero-order valence-corrected chi connectivity index (χ0v) is 11.0. The first-order valence-electron chi connectivity index (χ1n) is 6.05. The van der Waals surface area contributed by atoms with Gasteiger partial charge in [0.1, 0.15) is 0 Å². The minimum atomic E-state index is -0.179. The third kappa shape index (κ3) is 1.74. The van der Waals surface area contributed by atoms with Crippen LogP contribution in [0.4, 0.5) is 0 Å². The predicted molar refractivity (Wildman–Crippen MR) is 64.0 cm³/mol. The molecule has 1 spiro atoms. The lowest BCUT2D eigenvalue weighted by molar-refractivity contribution is -0.132. The van der Waals surface area contributed by atoms with E-state index in [1.165, 1.54) is 0 Å². The van der Waals surface area contributed by atoms with Crippen LogP contribution in [-0.2, 0) is 4.79 Å². The van der Waals surface area contributed by atoms with Gasteiger partial charge in [0.25, 0.3) is 0 Å². The lowest BCUT2D eigenvalue weighted by Crippen LogP contribution is -2.51. The summed E-state index contributed by atoms with van der Waals surface area (Å²) in [5.41, 5.74) is -0.159. The molecule has 16 heavy (non-hydrogen) atoms. The maximum absolute atomic E-state index is 12.2. The number of amides is 1. The van der Waals surface area contributed by atoms with E-state index in [0.29, 0.717) is 5.91 Å². The molecule has 1 aliphatic carbocycles. The fourth-order valence-corrected chi connectivity index (χ4v) is 2.24. The zero-order valence-electron chi connectivity index (χ0n) is 11.0. The smallest absolute Gasteiger partial charge is 0.244 e. The van der Waals surface area contributed by atoms with Gasteiger partial charge in [-0.3, -0.25) is 10.1 Å². The molecular formula is C12H23N3O. The van der Waals surface area contributed by atoms with Crippen LogP contribution >= 0.6 is 0 Å². The second-order valence-corrected chi connectivity index (χ2v) is 6.04. The van der Waals surface area contributed by atoms with Gasteiger partial charge in [0, 0.05) is 12.1 Å². The Labute approximate surface area is 98.0 Å². The Bertz CT molecular complexity index is 307. The molecule has 1 saturated heterocycles. The third-order valence-electron chi connectivity index (χ3n) is 4.14. The van der Waals surface area contributed by atoms with Gasteiger partial charge in [0.05, 0.1) is 11.7 Å². The van der Waals surface area contributed by atoms with Gasteiger partial charge < -0.3 is 9.80 Å². The Morgan fingerprint density at radius 3 is 2.44 bits per heavy atom.